The van der Waals surface area contributed by atoms with Gasteiger partial charge in [0.1, 0.15) is 5.69 Å². The minimum absolute atomic E-state index is 0.127. The molecule has 1 aromatic rings. The number of nitrogens with one attached hydrogen (secondary N) is 1. The highest BCUT2D eigenvalue weighted by molar-refractivity contribution is 6.32. The molecule has 2 rings (SSSR count). The summed E-state index contributed by atoms with van der Waals surface area (Å²) in [5, 5.41) is 7.61. The van der Waals surface area contributed by atoms with Gasteiger partial charge < -0.3 is 10.1 Å². The maximum atomic E-state index is 12.3. The number of nitrogens with zero attached hydrogens (tertiary/aromatic N) is 2. The minimum atomic E-state index is -0.127. The van der Waals surface area contributed by atoms with Crippen molar-refractivity contribution in [2.45, 2.75) is 39.7 Å². The summed E-state index contributed by atoms with van der Waals surface area (Å²) in [6, 6.07) is 0. The molecule has 5 nitrogen and oxygen atoms in total. The highest BCUT2D eigenvalue weighted by Crippen LogP contribution is 2.30. The Morgan fingerprint density at radius 3 is 2.95 bits per heavy atom. The zero-order chi connectivity index (χ0) is 15.2. The van der Waals surface area contributed by atoms with Gasteiger partial charge in [-0.25, -0.2) is 4.68 Å². The van der Waals surface area contributed by atoms with Crippen LogP contribution in [0.1, 0.15) is 33.1 Å². The molecule has 0 saturated heterocycles. The molecule has 0 atom stereocenters. The van der Waals surface area contributed by atoms with Crippen molar-refractivity contribution in [1.82, 2.24) is 9.78 Å². The number of rotatable bonds is 9. The lowest BCUT2D eigenvalue weighted by Gasteiger charge is -2.11. The molecule has 1 aromatic heterocycles. The van der Waals surface area contributed by atoms with Crippen LogP contribution < -0.4 is 10.9 Å². The molecule has 1 aliphatic carbocycles. The molecule has 0 unspecified atom stereocenters. The van der Waals surface area contributed by atoms with Gasteiger partial charge in [0.25, 0.3) is 5.56 Å². The van der Waals surface area contributed by atoms with Crippen molar-refractivity contribution >= 4 is 17.3 Å². The minimum Gasteiger partial charge on any atom is -0.381 e. The molecule has 21 heavy (non-hydrogen) atoms. The second-order valence-corrected chi connectivity index (χ2v) is 6.45. The third-order valence-electron chi connectivity index (χ3n) is 3.34. The number of aromatic nitrogens is 2. The van der Waals surface area contributed by atoms with E-state index in [2.05, 4.69) is 24.3 Å². The maximum absolute atomic E-state index is 12.3. The van der Waals surface area contributed by atoms with Gasteiger partial charge in [-0.3, -0.25) is 4.79 Å². The number of anilines is 1. The first kappa shape index (κ1) is 16.3. The van der Waals surface area contributed by atoms with Gasteiger partial charge in [0.15, 0.2) is 0 Å². The molecule has 0 radical (unpaired) electrons. The molecule has 6 heteroatoms. The van der Waals surface area contributed by atoms with Crippen LogP contribution in [0.3, 0.4) is 0 Å². The van der Waals surface area contributed by atoms with Gasteiger partial charge in [0.05, 0.1) is 11.2 Å². The summed E-state index contributed by atoms with van der Waals surface area (Å²) in [5.74, 6) is 1.15. The van der Waals surface area contributed by atoms with Crippen LogP contribution in [0.25, 0.3) is 0 Å². The molecule has 1 N–H and O–H groups in total. The molecule has 118 valence electrons. The van der Waals surface area contributed by atoms with E-state index in [0.29, 0.717) is 42.2 Å². The number of hydrogen-bond acceptors (Lipinski definition) is 4. The van der Waals surface area contributed by atoms with Crippen molar-refractivity contribution in [3.05, 3.63) is 21.6 Å². The Bertz CT molecular complexity index is 512. The Morgan fingerprint density at radius 1 is 1.52 bits per heavy atom. The lowest BCUT2D eigenvalue weighted by atomic mass is 10.2. The predicted octanol–water partition coefficient (Wildman–Crippen LogP) is 2.78. The quantitative estimate of drug-likeness (QED) is 0.712. The standard InChI is InChI=1S/C15H24ClN3O2/c1-11(2)10-21-7-3-6-17-14-13(16)8-18-19(15(14)20)9-12-4-5-12/h8,11-12,17H,3-7,9-10H2,1-2H3. The van der Waals surface area contributed by atoms with Crippen molar-refractivity contribution in [2.75, 3.05) is 25.1 Å². The highest BCUT2D eigenvalue weighted by Gasteiger charge is 2.23. The first-order chi connectivity index (χ1) is 10.1. The Morgan fingerprint density at radius 2 is 2.29 bits per heavy atom. The third kappa shape index (κ3) is 5.32. The summed E-state index contributed by atoms with van der Waals surface area (Å²) in [4.78, 5) is 12.3. The molecule has 1 aliphatic rings. The van der Waals surface area contributed by atoms with Crippen molar-refractivity contribution < 1.29 is 4.74 Å². The molecular formula is C15H24ClN3O2. The van der Waals surface area contributed by atoms with Gasteiger partial charge in [0, 0.05) is 26.3 Å². The average Bonchev–Trinajstić information content (AvgIpc) is 3.24. The Hall–Kier alpha value is -1.07. The molecule has 1 heterocycles. The Labute approximate surface area is 130 Å². The average molecular weight is 314 g/mol. The second-order valence-electron chi connectivity index (χ2n) is 6.05. The monoisotopic (exact) mass is 313 g/mol. The normalized spacial score (nSPS) is 14.7. The number of hydrogen-bond donors (Lipinski definition) is 1. The predicted molar refractivity (Wildman–Crippen MR) is 85.0 cm³/mol. The van der Waals surface area contributed by atoms with Crippen LogP contribution in [-0.4, -0.2) is 29.5 Å². The van der Waals surface area contributed by atoms with Crippen LogP contribution in [0.5, 0.6) is 0 Å². The summed E-state index contributed by atoms with van der Waals surface area (Å²) in [6.45, 7) is 7.06. The molecule has 0 aromatic carbocycles. The Balaban J connectivity index is 1.82. The van der Waals surface area contributed by atoms with E-state index < -0.39 is 0 Å². The smallest absolute Gasteiger partial charge is 0.291 e. The summed E-state index contributed by atoms with van der Waals surface area (Å²) in [5.41, 5.74) is 0.327. The van der Waals surface area contributed by atoms with Crippen molar-refractivity contribution in [3.63, 3.8) is 0 Å². The summed E-state index contributed by atoms with van der Waals surface area (Å²) in [6.07, 6.45) is 4.76. The first-order valence-corrected chi connectivity index (χ1v) is 8.03. The lowest BCUT2D eigenvalue weighted by Crippen LogP contribution is -2.27. The fourth-order valence-electron chi connectivity index (χ4n) is 2.01. The van der Waals surface area contributed by atoms with Crippen LogP contribution in [-0.2, 0) is 11.3 Å². The number of halogens is 1. The van der Waals surface area contributed by atoms with E-state index in [-0.39, 0.29) is 5.56 Å². The molecular weight excluding hydrogens is 290 g/mol. The first-order valence-electron chi connectivity index (χ1n) is 7.65. The van der Waals surface area contributed by atoms with Gasteiger partial charge in [-0.05, 0) is 31.1 Å². The largest absolute Gasteiger partial charge is 0.381 e. The van der Waals surface area contributed by atoms with E-state index in [1.807, 2.05) is 0 Å². The zero-order valence-electron chi connectivity index (χ0n) is 12.8. The van der Waals surface area contributed by atoms with Crippen LogP contribution in [0.2, 0.25) is 5.02 Å². The van der Waals surface area contributed by atoms with Crippen LogP contribution >= 0.6 is 11.6 Å². The summed E-state index contributed by atoms with van der Waals surface area (Å²) in [7, 11) is 0. The molecule has 1 saturated carbocycles. The summed E-state index contributed by atoms with van der Waals surface area (Å²) >= 11 is 6.07. The van der Waals surface area contributed by atoms with E-state index in [1.54, 1.807) is 6.20 Å². The van der Waals surface area contributed by atoms with Crippen molar-refractivity contribution in [2.24, 2.45) is 11.8 Å². The van der Waals surface area contributed by atoms with E-state index >= 15 is 0 Å². The molecule has 0 aliphatic heterocycles. The Kier molecular flexibility index (Phi) is 6.06. The molecule has 0 bridgehead atoms. The van der Waals surface area contributed by atoms with Gasteiger partial charge in [-0.1, -0.05) is 25.4 Å². The lowest BCUT2D eigenvalue weighted by molar-refractivity contribution is 0.110. The van der Waals surface area contributed by atoms with Gasteiger partial charge >= 0.3 is 0 Å². The summed E-state index contributed by atoms with van der Waals surface area (Å²) < 4.78 is 7.02. The molecule has 1 fully saturated rings. The third-order valence-corrected chi connectivity index (χ3v) is 3.63. The molecule has 0 spiro atoms. The number of ether oxygens (including phenoxy) is 1. The molecule has 0 amide bonds. The van der Waals surface area contributed by atoms with Gasteiger partial charge in [-0.15, -0.1) is 0 Å². The topological polar surface area (TPSA) is 56.1 Å². The van der Waals surface area contributed by atoms with Crippen LogP contribution in [0, 0.1) is 11.8 Å². The van der Waals surface area contributed by atoms with Crippen LogP contribution in [0.4, 0.5) is 5.69 Å². The second kappa shape index (κ2) is 7.80. The maximum Gasteiger partial charge on any atom is 0.291 e. The fraction of sp³-hybridized carbons (Fsp3) is 0.733. The van der Waals surface area contributed by atoms with E-state index in [0.717, 1.165) is 13.0 Å². The zero-order valence-corrected chi connectivity index (χ0v) is 13.5. The van der Waals surface area contributed by atoms with E-state index in [4.69, 9.17) is 16.3 Å². The van der Waals surface area contributed by atoms with Crippen LogP contribution in [0.15, 0.2) is 11.0 Å². The highest BCUT2D eigenvalue weighted by atomic mass is 35.5. The van der Waals surface area contributed by atoms with E-state index in [9.17, 15) is 4.79 Å². The van der Waals surface area contributed by atoms with Gasteiger partial charge in [0.2, 0.25) is 0 Å². The van der Waals surface area contributed by atoms with Crippen molar-refractivity contribution in [1.29, 1.82) is 0 Å². The fourth-order valence-corrected chi connectivity index (χ4v) is 2.20. The van der Waals surface area contributed by atoms with Gasteiger partial charge in [-0.2, -0.15) is 5.10 Å². The van der Waals surface area contributed by atoms with E-state index in [1.165, 1.54) is 17.5 Å². The SMILES string of the molecule is CC(C)COCCCNc1c(Cl)cnn(CC2CC2)c1=O. The van der Waals surface area contributed by atoms with Crippen molar-refractivity contribution in [3.8, 4) is 0 Å².